The summed E-state index contributed by atoms with van der Waals surface area (Å²) < 4.78 is 2.11. The largest absolute Gasteiger partial charge is 0.363 e. The summed E-state index contributed by atoms with van der Waals surface area (Å²) in [5.74, 6) is 1.38. The molecule has 26 heavy (non-hydrogen) atoms. The Bertz CT molecular complexity index is 1050. The van der Waals surface area contributed by atoms with Crippen molar-refractivity contribution in [1.82, 2.24) is 24.5 Å². The number of nitrogens with one attached hydrogen (secondary N) is 1. The highest BCUT2D eigenvalue weighted by molar-refractivity contribution is 7.09. The fourth-order valence-corrected chi connectivity index (χ4v) is 3.41. The maximum Gasteiger partial charge on any atom is 0.155 e. The number of aryl methyl sites for hydroxylation is 1. The second kappa shape index (κ2) is 7.05. The lowest BCUT2D eigenvalue weighted by Gasteiger charge is -2.11. The summed E-state index contributed by atoms with van der Waals surface area (Å²) in [4.78, 5) is 18.1. The number of nitrogens with zero attached hydrogens (tertiary/aromatic N) is 5. The Morgan fingerprint density at radius 2 is 2.12 bits per heavy atom. The van der Waals surface area contributed by atoms with Crippen LogP contribution in [0.1, 0.15) is 22.2 Å². The lowest BCUT2D eigenvalue weighted by atomic mass is 10.3. The maximum atomic E-state index is 4.61. The van der Waals surface area contributed by atoms with Crippen LogP contribution < -0.4 is 5.32 Å². The van der Waals surface area contributed by atoms with Crippen molar-refractivity contribution < 1.29 is 0 Å². The number of rotatable bonds is 6. The molecule has 0 unspecified atom stereocenters. The van der Waals surface area contributed by atoms with Gasteiger partial charge in [-0.1, -0.05) is 12.6 Å². The van der Waals surface area contributed by atoms with Gasteiger partial charge in [-0.25, -0.2) is 15.0 Å². The smallest absolute Gasteiger partial charge is 0.155 e. The molecular weight excluding hydrogens is 344 g/mol. The van der Waals surface area contributed by atoms with Crippen LogP contribution in [-0.4, -0.2) is 24.5 Å². The lowest BCUT2D eigenvalue weighted by molar-refractivity contribution is 0.805. The van der Waals surface area contributed by atoms with Crippen LogP contribution in [0.5, 0.6) is 0 Å². The number of hydrogen-bond acceptors (Lipinski definition) is 6. The van der Waals surface area contributed by atoms with Gasteiger partial charge in [0.1, 0.15) is 5.52 Å². The fraction of sp³-hybridized carbons (Fsp3) is 0.158. The summed E-state index contributed by atoms with van der Waals surface area (Å²) in [5, 5.41) is 6.52. The first-order valence-corrected chi connectivity index (χ1v) is 9.15. The van der Waals surface area contributed by atoms with E-state index in [9.17, 15) is 0 Å². The highest BCUT2D eigenvalue weighted by Crippen LogP contribution is 2.24. The normalized spacial score (nSPS) is 11.0. The molecule has 0 radical (unpaired) electrons. The average Bonchev–Trinajstić information content (AvgIpc) is 3.27. The van der Waals surface area contributed by atoms with E-state index in [4.69, 9.17) is 0 Å². The van der Waals surface area contributed by atoms with Crippen LogP contribution in [0.3, 0.4) is 0 Å². The van der Waals surface area contributed by atoms with E-state index in [0.29, 0.717) is 18.9 Å². The molecule has 0 aliphatic heterocycles. The standard InChI is InChI=1S/C19H18N6S/c1-3-17-23-16-7-9-25(11-14-6-4-5-8-20-14)18(16)19(24-17)21-10-15-12-26-13(2)22-15/h3-9,12H,1,10-11H2,2H3,(H,21,23,24). The summed E-state index contributed by atoms with van der Waals surface area (Å²) >= 11 is 1.64. The molecule has 0 amide bonds. The number of pyridine rings is 1. The molecule has 1 N–H and O–H groups in total. The first kappa shape index (κ1) is 16.4. The zero-order valence-corrected chi connectivity index (χ0v) is 15.2. The summed E-state index contributed by atoms with van der Waals surface area (Å²) in [7, 11) is 0. The lowest BCUT2D eigenvalue weighted by Crippen LogP contribution is -2.08. The van der Waals surface area contributed by atoms with E-state index in [1.807, 2.05) is 37.4 Å². The topological polar surface area (TPSA) is 68.5 Å². The summed E-state index contributed by atoms with van der Waals surface area (Å²) in [6.45, 7) is 7.07. The van der Waals surface area contributed by atoms with Crippen LogP contribution in [0.2, 0.25) is 0 Å². The SMILES string of the molecule is C=Cc1nc(NCc2csc(C)n2)c2c(ccn2Cc2ccccn2)n1. The van der Waals surface area contributed by atoms with Crippen LogP contribution >= 0.6 is 11.3 Å². The summed E-state index contributed by atoms with van der Waals surface area (Å²) in [6, 6.07) is 7.91. The van der Waals surface area contributed by atoms with Gasteiger partial charge in [0.15, 0.2) is 11.6 Å². The van der Waals surface area contributed by atoms with Crippen LogP contribution in [0.15, 0.2) is 48.6 Å². The van der Waals surface area contributed by atoms with E-state index in [-0.39, 0.29) is 0 Å². The van der Waals surface area contributed by atoms with Crippen molar-refractivity contribution in [1.29, 1.82) is 0 Å². The van der Waals surface area contributed by atoms with Crippen molar-refractivity contribution in [3.05, 3.63) is 70.8 Å². The molecule has 0 spiro atoms. The third kappa shape index (κ3) is 3.34. The van der Waals surface area contributed by atoms with E-state index >= 15 is 0 Å². The zero-order chi connectivity index (χ0) is 17.9. The highest BCUT2D eigenvalue weighted by Gasteiger charge is 2.12. The molecule has 0 atom stereocenters. The number of anilines is 1. The Morgan fingerprint density at radius 1 is 1.19 bits per heavy atom. The monoisotopic (exact) mass is 362 g/mol. The van der Waals surface area contributed by atoms with Gasteiger partial charge in [-0.2, -0.15) is 0 Å². The summed E-state index contributed by atoms with van der Waals surface area (Å²) in [6.07, 6.45) is 5.48. The highest BCUT2D eigenvalue weighted by atomic mass is 32.1. The molecule has 0 aliphatic rings. The molecular formula is C19H18N6S. The van der Waals surface area contributed by atoms with Crippen LogP contribution in [0, 0.1) is 6.92 Å². The van der Waals surface area contributed by atoms with E-state index < -0.39 is 0 Å². The van der Waals surface area contributed by atoms with Crippen molar-refractivity contribution >= 4 is 34.3 Å². The molecule has 4 aromatic heterocycles. The molecule has 0 aliphatic carbocycles. The minimum Gasteiger partial charge on any atom is -0.363 e. The molecule has 0 saturated carbocycles. The van der Waals surface area contributed by atoms with Crippen LogP contribution in [0.4, 0.5) is 5.82 Å². The minimum atomic E-state index is 0.602. The number of aromatic nitrogens is 5. The number of fused-ring (bicyclic) bond motifs is 1. The molecule has 4 heterocycles. The molecule has 6 nitrogen and oxygen atoms in total. The Balaban J connectivity index is 1.71. The van der Waals surface area contributed by atoms with E-state index in [1.54, 1.807) is 23.6 Å². The summed E-state index contributed by atoms with van der Waals surface area (Å²) in [5.41, 5.74) is 3.82. The first-order chi connectivity index (χ1) is 12.7. The zero-order valence-electron chi connectivity index (χ0n) is 14.4. The molecule has 0 aromatic carbocycles. The van der Waals surface area contributed by atoms with Crippen molar-refractivity contribution in [2.24, 2.45) is 0 Å². The van der Waals surface area contributed by atoms with Gasteiger partial charge in [-0.05, 0) is 31.2 Å². The molecule has 7 heteroatoms. The van der Waals surface area contributed by atoms with Crippen molar-refractivity contribution in [2.45, 2.75) is 20.0 Å². The van der Waals surface area contributed by atoms with Gasteiger partial charge in [0.2, 0.25) is 0 Å². The van der Waals surface area contributed by atoms with Gasteiger partial charge in [0.25, 0.3) is 0 Å². The molecule has 0 fully saturated rings. The van der Waals surface area contributed by atoms with E-state index in [0.717, 1.165) is 33.2 Å². The van der Waals surface area contributed by atoms with Crippen molar-refractivity contribution in [3.63, 3.8) is 0 Å². The van der Waals surface area contributed by atoms with Crippen molar-refractivity contribution in [3.8, 4) is 0 Å². The van der Waals surface area contributed by atoms with Crippen LogP contribution in [-0.2, 0) is 13.1 Å². The van der Waals surface area contributed by atoms with Gasteiger partial charge in [0.05, 0.1) is 35.0 Å². The van der Waals surface area contributed by atoms with Gasteiger partial charge >= 0.3 is 0 Å². The Labute approximate surface area is 155 Å². The first-order valence-electron chi connectivity index (χ1n) is 8.27. The van der Waals surface area contributed by atoms with E-state index in [1.165, 1.54) is 0 Å². The van der Waals surface area contributed by atoms with Gasteiger partial charge < -0.3 is 9.88 Å². The van der Waals surface area contributed by atoms with Crippen LogP contribution in [0.25, 0.3) is 17.1 Å². The van der Waals surface area contributed by atoms with Crippen molar-refractivity contribution in [2.75, 3.05) is 5.32 Å². The van der Waals surface area contributed by atoms with Gasteiger partial charge in [-0.15, -0.1) is 11.3 Å². The second-order valence-corrected chi connectivity index (χ2v) is 6.91. The third-order valence-corrected chi connectivity index (χ3v) is 4.79. The number of hydrogen-bond donors (Lipinski definition) is 1. The quantitative estimate of drug-likeness (QED) is 0.563. The number of thiazole rings is 1. The second-order valence-electron chi connectivity index (χ2n) is 5.84. The molecule has 4 aromatic rings. The van der Waals surface area contributed by atoms with Gasteiger partial charge in [0, 0.05) is 17.8 Å². The predicted molar refractivity (Wildman–Crippen MR) is 105 cm³/mol. The Morgan fingerprint density at radius 3 is 2.85 bits per heavy atom. The Kier molecular flexibility index (Phi) is 4.45. The molecule has 0 bridgehead atoms. The Hall–Kier alpha value is -3.06. The maximum absolute atomic E-state index is 4.61. The minimum absolute atomic E-state index is 0.602. The van der Waals surface area contributed by atoms with E-state index in [2.05, 4.69) is 41.8 Å². The molecule has 4 rings (SSSR count). The average molecular weight is 362 g/mol. The molecule has 0 saturated heterocycles. The third-order valence-electron chi connectivity index (χ3n) is 3.97. The predicted octanol–water partition coefficient (Wildman–Crippen LogP) is 3.89. The van der Waals surface area contributed by atoms with Gasteiger partial charge in [-0.3, -0.25) is 4.98 Å². The molecule has 130 valence electrons. The fourth-order valence-electron chi connectivity index (χ4n) is 2.80.